The van der Waals surface area contributed by atoms with Crippen molar-refractivity contribution in [3.8, 4) is 0 Å². The standard InChI is InChI=1S/C10H13N3O/c11-8-5-7-3-1-2-4-9(7)13(6-8)10(12)14/h1-4,8H,5-6,11H2,(H2,12,14). The fraction of sp³-hybridized carbons (Fsp3) is 0.300. The predicted molar refractivity (Wildman–Crippen MR) is 55.1 cm³/mol. The Kier molecular flexibility index (Phi) is 2.13. The lowest BCUT2D eigenvalue weighted by Gasteiger charge is -2.31. The van der Waals surface area contributed by atoms with Crippen molar-refractivity contribution in [2.24, 2.45) is 11.5 Å². The molecule has 0 spiro atoms. The third-order valence-electron chi connectivity index (χ3n) is 2.45. The van der Waals surface area contributed by atoms with Crippen molar-refractivity contribution in [2.75, 3.05) is 11.4 Å². The van der Waals surface area contributed by atoms with E-state index in [1.54, 1.807) is 0 Å². The topological polar surface area (TPSA) is 72.4 Å². The molecule has 1 aromatic rings. The smallest absolute Gasteiger partial charge is 0.319 e. The van der Waals surface area contributed by atoms with Crippen molar-refractivity contribution in [3.63, 3.8) is 0 Å². The summed E-state index contributed by atoms with van der Waals surface area (Å²) in [7, 11) is 0. The van der Waals surface area contributed by atoms with Gasteiger partial charge >= 0.3 is 6.03 Å². The molecule has 0 fully saturated rings. The molecule has 2 rings (SSSR count). The summed E-state index contributed by atoms with van der Waals surface area (Å²) in [6.45, 7) is 0.506. The number of rotatable bonds is 0. The summed E-state index contributed by atoms with van der Waals surface area (Å²) in [4.78, 5) is 12.7. The number of nitrogens with two attached hydrogens (primary N) is 2. The van der Waals surface area contributed by atoms with Gasteiger partial charge in [0.05, 0.1) is 0 Å². The van der Waals surface area contributed by atoms with Crippen LogP contribution in [0.15, 0.2) is 24.3 Å². The number of nitrogens with zero attached hydrogens (tertiary/aromatic N) is 1. The molecule has 0 aromatic heterocycles. The van der Waals surface area contributed by atoms with Gasteiger partial charge in [-0.1, -0.05) is 18.2 Å². The Bertz CT molecular complexity index is 364. The minimum atomic E-state index is -0.437. The van der Waals surface area contributed by atoms with E-state index >= 15 is 0 Å². The van der Waals surface area contributed by atoms with Crippen LogP contribution in [0.3, 0.4) is 0 Å². The fourth-order valence-electron chi connectivity index (χ4n) is 1.84. The number of urea groups is 1. The molecule has 0 bridgehead atoms. The first kappa shape index (κ1) is 9.02. The van der Waals surface area contributed by atoms with E-state index in [2.05, 4.69) is 0 Å². The number of primary amides is 1. The molecule has 2 amide bonds. The number of amides is 2. The van der Waals surface area contributed by atoms with Crippen LogP contribution in [-0.2, 0) is 6.42 Å². The Balaban J connectivity index is 2.43. The Morgan fingerprint density at radius 2 is 2.14 bits per heavy atom. The zero-order valence-corrected chi connectivity index (χ0v) is 7.81. The molecule has 0 radical (unpaired) electrons. The molecule has 0 saturated heterocycles. The van der Waals surface area contributed by atoms with Crippen molar-refractivity contribution in [3.05, 3.63) is 29.8 Å². The molecule has 4 heteroatoms. The van der Waals surface area contributed by atoms with Gasteiger partial charge in [-0.2, -0.15) is 0 Å². The number of benzene rings is 1. The van der Waals surface area contributed by atoms with Gasteiger partial charge in [-0.15, -0.1) is 0 Å². The quantitative estimate of drug-likeness (QED) is 0.625. The highest BCUT2D eigenvalue weighted by Gasteiger charge is 2.24. The average molecular weight is 191 g/mol. The number of hydrogen-bond donors (Lipinski definition) is 2. The highest BCUT2D eigenvalue weighted by atomic mass is 16.2. The van der Waals surface area contributed by atoms with E-state index in [0.717, 1.165) is 17.7 Å². The summed E-state index contributed by atoms with van der Waals surface area (Å²) >= 11 is 0. The van der Waals surface area contributed by atoms with Gasteiger partial charge in [0.15, 0.2) is 0 Å². The molecule has 0 saturated carbocycles. The first-order chi connectivity index (χ1) is 6.68. The van der Waals surface area contributed by atoms with Crippen LogP contribution in [0, 0.1) is 0 Å². The molecule has 0 aliphatic carbocycles. The number of fused-ring (bicyclic) bond motifs is 1. The highest BCUT2D eigenvalue weighted by Crippen LogP contribution is 2.25. The number of hydrogen-bond acceptors (Lipinski definition) is 2. The van der Waals surface area contributed by atoms with Crippen molar-refractivity contribution in [1.82, 2.24) is 0 Å². The normalized spacial score (nSPS) is 20.4. The van der Waals surface area contributed by atoms with E-state index in [1.807, 2.05) is 24.3 Å². The lowest BCUT2D eigenvalue weighted by molar-refractivity contribution is 0.253. The van der Waals surface area contributed by atoms with Crippen molar-refractivity contribution in [2.45, 2.75) is 12.5 Å². The summed E-state index contributed by atoms with van der Waals surface area (Å²) in [6, 6.07) is 7.25. The second-order valence-electron chi connectivity index (χ2n) is 3.54. The van der Waals surface area contributed by atoms with Gasteiger partial charge in [0.1, 0.15) is 0 Å². The summed E-state index contributed by atoms with van der Waals surface area (Å²) in [5.74, 6) is 0. The number of carbonyl (C=O) groups excluding carboxylic acids is 1. The van der Waals surface area contributed by atoms with Crippen LogP contribution in [0.25, 0.3) is 0 Å². The van der Waals surface area contributed by atoms with Crippen molar-refractivity contribution in [1.29, 1.82) is 0 Å². The molecule has 1 aliphatic heterocycles. The summed E-state index contributed by atoms with van der Waals surface area (Å²) in [5.41, 5.74) is 13.1. The Morgan fingerprint density at radius 3 is 2.86 bits per heavy atom. The van der Waals surface area contributed by atoms with Gasteiger partial charge in [-0.3, -0.25) is 4.90 Å². The van der Waals surface area contributed by atoms with Crippen molar-refractivity contribution < 1.29 is 4.79 Å². The molecule has 1 aromatic carbocycles. The summed E-state index contributed by atoms with van der Waals surface area (Å²) < 4.78 is 0. The van der Waals surface area contributed by atoms with Crippen LogP contribution >= 0.6 is 0 Å². The third-order valence-corrected chi connectivity index (χ3v) is 2.45. The zero-order valence-electron chi connectivity index (χ0n) is 7.81. The number of anilines is 1. The molecule has 1 aliphatic rings. The van der Waals surface area contributed by atoms with E-state index in [1.165, 1.54) is 4.90 Å². The predicted octanol–water partition coefficient (Wildman–Crippen LogP) is 0.455. The SMILES string of the molecule is NC(=O)N1CC(N)Cc2ccccc21. The fourth-order valence-corrected chi connectivity index (χ4v) is 1.84. The summed E-state index contributed by atoms with van der Waals surface area (Å²) in [5, 5.41) is 0. The molecular formula is C10H13N3O. The van der Waals surface area contributed by atoms with Gasteiger partial charge in [0.2, 0.25) is 0 Å². The van der Waals surface area contributed by atoms with Gasteiger partial charge in [-0.05, 0) is 18.1 Å². The first-order valence-corrected chi connectivity index (χ1v) is 4.59. The molecular weight excluding hydrogens is 178 g/mol. The van der Waals surface area contributed by atoms with E-state index in [4.69, 9.17) is 11.5 Å². The monoisotopic (exact) mass is 191 g/mol. The highest BCUT2D eigenvalue weighted by molar-refractivity contribution is 5.92. The van der Waals surface area contributed by atoms with E-state index in [-0.39, 0.29) is 6.04 Å². The van der Waals surface area contributed by atoms with E-state index in [0.29, 0.717) is 6.54 Å². The molecule has 1 atom stereocenters. The Labute approximate surface area is 82.5 Å². The maximum absolute atomic E-state index is 11.2. The van der Waals surface area contributed by atoms with Crippen LogP contribution < -0.4 is 16.4 Å². The maximum Gasteiger partial charge on any atom is 0.319 e. The largest absolute Gasteiger partial charge is 0.351 e. The van der Waals surface area contributed by atoms with Crippen LogP contribution in [0.4, 0.5) is 10.5 Å². The van der Waals surface area contributed by atoms with Gasteiger partial charge in [-0.25, -0.2) is 4.79 Å². The Morgan fingerprint density at radius 1 is 1.43 bits per heavy atom. The maximum atomic E-state index is 11.2. The molecule has 4 N–H and O–H groups in total. The molecule has 1 heterocycles. The number of carbonyl (C=O) groups is 1. The van der Waals surface area contributed by atoms with E-state index in [9.17, 15) is 4.79 Å². The van der Waals surface area contributed by atoms with Crippen LogP contribution in [0.5, 0.6) is 0 Å². The third kappa shape index (κ3) is 1.44. The first-order valence-electron chi connectivity index (χ1n) is 4.59. The van der Waals surface area contributed by atoms with Crippen LogP contribution in [-0.4, -0.2) is 18.6 Å². The molecule has 4 nitrogen and oxygen atoms in total. The van der Waals surface area contributed by atoms with Crippen LogP contribution in [0.2, 0.25) is 0 Å². The lowest BCUT2D eigenvalue weighted by atomic mass is 9.99. The summed E-state index contributed by atoms with van der Waals surface area (Å²) in [6.07, 6.45) is 0.806. The average Bonchev–Trinajstić information content (AvgIpc) is 2.16. The molecule has 74 valence electrons. The van der Waals surface area contributed by atoms with Gasteiger partial charge < -0.3 is 11.5 Å². The van der Waals surface area contributed by atoms with Crippen molar-refractivity contribution >= 4 is 11.7 Å². The minimum Gasteiger partial charge on any atom is -0.351 e. The zero-order chi connectivity index (χ0) is 10.1. The molecule has 14 heavy (non-hydrogen) atoms. The van der Waals surface area contributed by atoms with Gasteiger partial charge in [0, 0.05) is 18.3 Å². The van der Waals surface area contributed by atoms with E-state index < -0.39 is 6.03 Å². The second-order valence-corrected chi connectivity index (χ2v) is 3.54. The minimum absolute atomic E-state index is 0.0163. The second kappa shape index (κ2) is 3.31. The van der Waals surface area contributed by atoms with Crippen LogP contribution in [0.1, 0.15) is 5.56 Å². The number of para-hydroxylation sites is 1. The van der Waals surface area contributed by atoms with Gasteiger partial charge in [0.25, 0.3) is 0 Å². The molecule has 1 unspecified atom stereocenters. The lowest BCUT2D eigenvalue weighted by Crippen LogP contribution is -2.48. The Hall–Kier alpha value is -1.55.